The van der Waals surface area contributed by atoms with E-state index in [0.717, 1.165) is 46.5 Å². The zero-order chi connectivity index (χ0) is 44.1. The summed E-state index contributed by atoms with van der Waals surface area (Å²) in [5, 5.41) is 43.3. The molecule has 0 saturated carbocycles. The topological polar surface area (TPSA) is 189 Å². The molecular formula is C49H46O14. The van der Waals surface area contributed by atoms with Crippen LogP contribution in [0.2, 0.25) is 0 Å². The fraction of sp³-hybridized carbons (Fsp3) is 0.224. The zero-order valence-electron chi connectivity index (χ0n) is 34.2. The van der Waals surface area contributed by atoms with Gasteiger partial charge in [0.25, 0.3) is 0 Å². The van der Waals surface area contributed by atoms with Gasteiger partial charge in [0, 0.05) is 7.11 Å². The van der Waals surface area contributed by atoms with E-state index in [-0.39, 0.29) is 49.1 Å². The van der Waals surface area contributed by atoms with Crippen molar-refractivity contribution in [3.05, 3.63) is 179 Å². The third-order valence-corrected chi connectivity index (χ3v) is 10.0. The van der Waals surface area contributed by atoms with Gasteiger partial charge in [-0.1, -0.05) is 121 Å². The average molecular weight is 859 g/mol. The molecule has 6 aromatic carbocycles. The molecule has 0 amide bonds. The lowest BCUT2D eigenvalue weighted by Crippen LogP contribution is -2.62. The van der Waals surface area contributed by atoms with E-state index in [1.54, 1.807) is 0 Å². The van der Waals surface area contributed by atoms with Crippen LogP contribution in [0.1, 0.15) is 43.0 Å². The van der Waals surface area contributed by atoms with Gasteiger partial charge in [0.2, 0.25) is 11.5 Å². The maximum Gasteiger partial charge on any atom is 0.338 e. The van der Waals surface area contributed by atoms with E-state index in [0.29, 0.717) is 0 Å². The number of aromatic hydroxyl groups is 4. The summed E-state index contributed by atoms with van der Waals surface area (Å²) in [4.78, 5) is 27.6. The number of hydrogen-bond acceptors (Lipinski definition) is 14. The van der Waals surface area contributed by atoms with Gasteiger partial charge in [0.05, 0.1) is 24.3 Å². The lowest BCUT2D eigenvalue weighted by atomic mass is 9.97. The minimum absolute atomic E-state index is 0.0277. The Morgan fingerprint density at radius 2 is 0.889 bits per heavy atom. The van der Waals surface area contributed by atoms with Crippen molar-refractivity contribution < 1.29 is 67.9 Å². The number of ether oxygens (including phenoxy) is 8. The smallest absolute Gasteiger partial charge is 0.338 e. The number of carbonyl (C=O) groups excluding carboxylic acids is 2. The Hall–Kier alpha value is -7.10. The summed E-state index contributed by atoms with van der Waals surface area (Å²) in [5.74, 6) is -4.50. The average Bonchev–Trinajstić information content (AvgIpc) is 3.30. The van der Waals surface area contributed by atoms with E-state index in [1.807, 2.05) is 121 Å². The van der Waals surface area contributed by atoms with Crippen LogP contribution in [0.15, 0.2) is 146 Å². The van der Waals surface area contributed by atoms with Crippen LogP contribution in [-0.2, 0) is 54.8 Å². The molecule has 14 heteroatoms. The highest BCUT2D eigenvalue weighted by Gasteiger charge is 2.50. The van der Waals surface area contributed by atoms with Crippen LogP contribution in [-0.4, -0.2) is 76.8 Å². The SMILES string of the molecule is COC1OC(COC(=O)c2cc(O)c(OCc3ccccc3)c(O)c2)C(OC(=O)c2cc(O)c(OCc3ccccc3)c(O)c2)C(OCc2ccccc2)C1OCc1ccccc1. The van der Waals surface area contributed by atoms with Crippen molar-refractivity contribution in [2.75, 3.05) is 13.7 Å². The quantitative estimate of drug-likeness (QED) is 0.0619. The van der Waals surface area contributed by atoms with Crippen molar-refractivity contribution in [1.29, 1.82) is 0 Å². The second kappa shape index (κ2) is 21.1. The monoisotopic (exact) mass is 858 g/mol. The molecule has 0 spiro atoms. The zero-order valence-corrected chi connectivity index (χ0v) is 34.2. The number of phenolic OH excluding ortho intramolecular Hbond substituents is 4. The van der Waals surface area contributed by atoms with Gasteiger partial charge in [0.15, 0.2) is 35.4 Å². The first-order valence-electron chi connectivity index (χ1n) is 20.0. The fourth-order valence-electron chi connectivity index (χ4n) is 6.86. The summed E-state index contributed by atoms with van der Waals surface area (Å²) in [6, 6.07) is 41.1. The van der Waals surface area contributed by atoms with Gasteiger partial charge >= 0.3 is 11.9 Å². The lowest BCUT2D eigenvalue weighted by molar-refractivity contribution is -0.313. The summed E-state index contributed by atoms with van der Waals surface area (Å²) >= 11 is 0. The highest BCUT2D eigenvalue weighted by atomic mass is 16.7. The minimum Gasteiger partial charge on any atom is -0.504 e. The van der Waals surface area contributed by atoms with Crippen molar-refractivity contribution in [2.24, 2.45) is 0 Å². The van der Waals surface area contributed by atoms with Gasteiger partial charge < -0.3 is 58.3 Å². The Bertz CT molecular complexity index is 2370. The number of esters is 2. The summed E-state index contributed by atoms with van der Waals surface area (Å²) in [5.41, 5.74) is 2.71. The van der Waals surface area contributed by atoms with E-state index >= 15 is 0 Å². The molecule has 0 bridgehead atoms. The third kappa shape index (κ3) is 11.4. The Balaban J connectivity index is 1.15. The van der Waals surface area contributed by atoms with Crippen molar-refractivity contribution in [3.8, 4) is 34.5 Å². The molecule has 1 heterocycles. The number of benzene rings is 6. The van der Waals surface area contributed by atoms with Crippen LogP contribution in [0.25, 0.3) is 0 Å². The van der Waals surface area contributed by atoms with Crippen molar-refractivity contribution in [2.45, 2.75) is 57.1 Å². The van der Waals surface area contributed by atoms with Gasteiger partial charge in [0.1, 0.15) is 38.1 Å². The molecule has 0 aliphatic carbocycles. The molecule has 326 valence electrons. The maximum absolute atomic E-state index is 14.1. The van der Waals surface area contributed by atoms with Crippen LogP contribution in [0.4, 0.5) is 0 Å². The number of rotatable bonds is 18. The summed E-state index contributed by atoms with van der Waals surface area (Å²) in [7, 11) is 1.40. The minimum atomic E-state index is -1.38. The largest absolute Gasteiger partial charge is 0.504 e. The normalized spacial score (nSPS) is 18.3. The van der Waals surface area contributed by atoms with Crippen molar-refractivity contribution >= 4 is 11.9 Å². The van der Waals surface area contributed by atoms with Crippen molar-refractivity contribution in [1.82, 2.24) is 0 Å². The van der Waals surface area contributed by atoms with E-state index in [1.165, 1.54) is 7.11 Å². The number of phenols is 4. The molecular weight excluding hydrogens is 813 g/mol. The molecule has 4 N–H and O–H groups in total. The van der Waals surface area contributed by atoms with Crippen LogP contribution in [0, 0.1) is 0 Å². The molecule has 1 aliphatic rings. The predicted octanol–water partition coefficient (Wildman–Crippen LogP) is 7.59. The predicted molar refractivity (Wildman–Crippen MR) is 226 cm³/mol. The Morgan fingerprint density at radius 3 is 1.30 bits per heavy atom. The standard InChI is InChI=1S/C49H46O14/c1-56-49-46(60-29-34-20-12-5-13-21-34)45(59-28-33-18-10-4-11-19-33)44(63-48(55)36-24-39(52)43(40(53)25-36)58-27-32-16-8-3-9-17-32)41(62-49)30-61-47(54)35-22-37(50)42(38(51)23-35)57-26-31-14-6-2-7-15-31/h2-25,41,44-46,49-53H,26-30H2,1H3. The Kier molecular flexibility index (Phi) is 14.7. The maximum atomic E-state index is 14.1. The first-order valence-corrected chi connectivity index (χ1v) is 20.0. The number of methoxy groups -OCH3 is 1. The Morgan fingerprint density at radius 1 is 0.508 bits per heavy atom. The first-order chi connectivity index (χ1) is 30.7. The summed E-state index contributed by atoms with van der Waals surface area (Å²) < 4.78 is 48.1. The molecule has 63 heavy (non-hydrogen) atoms. The Labute approximate surface area is 363 Å². The molecule has 1 fully saturated rings. The lowest BCUT2D eigenvalue weighted by Gasteiger charge is -2.44. The summed E-state index contributed by atoms with van der Waals surface area (Å²) in [6.45, 7) is -0.364. The number of hydrogen-bond donors (Lipinski definition) is 4. The fourth-order valence-corrected chi connectivity index (χ4v) is 6.86. The molecule has 6 aromatic rings. The first kappa shape index (κ1) is 44.0. The van der Waals surface area contributed by atoms with Gasteiger partial charge in [-0.25, -0.2) is 9.59 Å². The van der Waals surface area contributed by atoms with Crippen LogP contribution >= 0.6 is 0 Å². The van der Waals surface area contributed by atoms with Crippen LogP contribution in [0.5, 0.6) is 34.5 Å². The molecule has 5 unspecified atom stereocenters. The molecule has 0 radical (unpaired) electrons. The van der Waals surface area contributed by atoms with Crippen LogP contribution in [0.3, 0.4) is 0 Å². The van der Waals surface area contributed by atoms with Gasteiger partial charge in [-0.3, -0.25) is 0 Å². The van der Waals surface area contributed by atoms with E-state index < -0.39 is 72.2 Å². The molecule has 0 aromatic heterocycles. The van der Waals surface area contributed by atoms with E-state index in [4.69, 9.17) is 37.9 Å². The van der Waals surface area contributed by atoms with Crippen molar-refractivity contribution in [3.63, 3.8) is 0 Å². The van der Waals surface area contributed by atoms with E-state index in [2.05, 4.69) is 0 Å². The van der Waals surface area contributed by atoms with E-state index in [9.17, 15) is 30.0 Å². The highest BCUT2D eigenvalue weighted by Crippen LogP contribution is 2.40. The van der Waals surface area contributed by atoms with Crippen LogP contribution < -0.4 is 9.47 Å². The van der Waals surface area contributed by atoms with Gasteiger partial charge in [-0.2, -0.15) is 0 Å². The third-order valence-electron chi connectivity index (χ3n) is 10.0. The second-order valence-electron chi connectivity index (χ2n) is 14.5. The second-order valence-corrected chi connectivity index (χ2v) is 14.5. The molecule has 1 saturated heterocycles. The molecule has 5 atom stereocenters. The summed E-state index contributed by atoms with van der Waals surface area (Å²) in [6.07, 6.45) is -5.96. The number of carbonyl (C=O) groups is 2. The highest BCUT2D eigenvalue weighted by molar-refractivity contribution is 5.92. The molecule has 14 nitrogen and oxygen atoms in total. The van der Waals surface area contributed by atoms with Gasteiger partial charge in [-0.05, 0) is 46.5 Å². The van der Waals surface area contributed by atoms with Gasteiger partial charge in [-0.15, -0.1) is 0 Å². The molecule has 1 aliphatic heterocycles. The molecule has 7 rings (SSSR count).